The minimum absolute atomic E-state index is 1.37. The molecule has 0 saturated heterocycles. The highest BCUT2D eigenvalue weighted by Crippen LogP contribution is 2.53. The third-order valence-corrected chi connectivity index (χ3v) is 3.57. The van der Waals surface area contributed by atoms with E-state index in [1.54, 1.807) is 0 Å². The van der Waals surface area contributed by atoms with E-state index in [1.807, 2.05) is 0 Å². The van der Waals surface area contributed by atoms with Crippen LogP contribution >= 0.6 is 35.0 Å². The molecule has 0 aromatic carbocycles. The van der Waals surface area contributed by atoms with E-state index >= 15 is 0 Å². The molecular weight excluding hydrogens is 305 g/mol. The third kappa shape index (κ3) is 2.25. The summed E-state index contributed by atoms with van der Waals surface area (Å²) in [6.07, 6.45) is -5.36. The molecule has 1 heterocycles. The lowest BCUT2D eigenvalue weighted by atomic mass is 10.1. The molecule has 0 aromatic rings. The average molecular weight is 305 g/mol. The van der Waals surface area contributed by atoms with Crippen molar-refractivity contribution in [1.29, 1.82) is 0 Å². The van der Waals surface area contributed by atoms with Gasteiger partial charge in [0.1, 0.15) is 0 Å². The summed E-state index contributed by atoms with van der Waals surface area (Å²) in [4.78, 5) is 0. The predicted molar refractivity (Wildman–Crippen MR) is 49.0 cm³/mol. The molecule has 1 rings (SSSR count). The second-order valence-electron chi connectivity index (χ2n) is 2.51. The van der Waals surface area contributed by atoms with Crippen molar-refractivity contribution >= 4 is 45.3 Å². The Morgan fingerprint density at radius 3 is 1.56 bits per heavy atom. The van der Waals surface area contributed by atoms with Gasteiger partial charge in [-0.25, -0.2) is 0 Å². The highest BCUT2D eigenvalue weighted by atomic mass is 35.5. The van der Waals surface area contributed by atoms with Crippen molar-refractivity contribution in [1.82, 2.24) is 0 Å². The normalized spacial score (nSPS) is 20.8. The Kier molecular flexibility index (Phi) is 3.44. The van der Waals surface area contributed by atoms with Gasteiger partial charge in [0.2, 0.25) is 4.75 Å². The first-order valence-corrected chi connectivity index (χ1v) is 4.89. The van der Waals surface area contributed by atoms with Crippen molar-refractivity contribution in [2.75, 3.05) is 0 Å². The van der Waals surface area contributed by atoms with Crippen LogP contribution in [0, 0.1) is 0 Å². The van der Waals surface area contributed by atoms with Gasteiger partial charge in [0.25, 0.3) is 0 Å². The van der Waals surface area contributed by atoms with Gasteiger partial charge < -0.3 is 0 Å². The molecule has 0 radical (unpaired) electrons. The summed E-state index contributed by atoms with van der Waals surface area (Å²) in [5, 5.41) is 2.70. The number of thioether (sulfide) groups is 1. The van der Waals surface area contributed by atoms with Crippen LogP contribution in [0.2, 0.25) is 0 Å². The van der Waals surface area contributed by atoms with Crippen LogP contribution in [-0.4, -0.2) is 26.8 Å². The largest absolute Gasteiger partial charge is 0.443 e. The highest BCUT2D eigenvalue weighted by molar-refractivity contribution is 8.03. The van der Waals surface area contributed by atoms with Gasteiger partial charge in [0.15, 0.2) is 10.3 Å². The third-order valence-electron chi connectivity index (χ3n) is 1.47. The lowest BCUT2D eigenvalue weighted by Gasteiger charge is -2.29. The minimum atomic E-state index is -5.36. The highest BCUT2D eigenvalue weighted by Gasteiger charge is 2.68. The van der Waals surface area contributed by atoms with Crippen LogP contribution < -0.4 is 0 Å². The van der Waals surface area contributed by atoms with E-state index in [4.69, 9.17) is 23.2 Å². The Balaban J connectivity index is 3.25. The van der Waals surface area contributed by atoms with Crippen LogP contribution in [-0.2, 0) is 0 Å². The number of hydrogen-bond donors (Lipinski definition) is 0. The van der Waals surface area contributed by atoms with Crippen molar-refractivity contribution in [3.63, 3.8) is 0 Å². The van der Waals surface area contributed by atoms with Gasteiger partial charge in [-0.05, 0) is 11.8 Å². The molecule has 0 N–H and O–H groups in total. The molecule has 1 aliphatic rings. The van der Waals surface area contributed by atoms with Gasteiger partial charge >= 0.3 is 11.7 Å². The fourth-order valence-corrected chi connectivity index (χ4v) is 2.33. The van der Waals surface area contributed by atoms with E-state index in [1.165, 1.54) is 0 Å². The molecule has 0 unspecified atom stereocenters. The van der Waals surface area contributed by atoms with Crippen LogP contribution in [0.25, 0.3) is 0 Å². The zero-order valence-electron chi connectivity index (χ0n) is 6.83. The summed E-state index contributed by atoms with van der Waals surface area (Å²) >= 11 is 8.65. The van der Waals surface area contributed by atoms with E-state index in [9.17, 15) is 26.3 Å². The number of halogens is 8. The van der Waals surface area contributed by atoms with Crippen molar-refractivity contribution in [2.24, 2.45) is 10.2 Å². The Hall–Kier alpha value is -0.150. The summed E-state index contributed by atoms with van der Waals surface area (Å²) in [5.41, 5.74) is -5.19. The number of nitrogens with zero attached hydrogens (tertiary/aromatic N) is 2. The van der Waals surface area contributed by atoms with Gasteiger partial charge in [0.05, 0.1) is 0 Å². The molecule has 0 amide bonds. The topological polar surface area (TPSA) is 24.7 Å². The molecule has 1 aliphatic heterocycles. The summed E-state index contributed by atoms with van der Waals surface area (Å²) in [6.45, 7) is 0. The maximum Gasteiger partial charge on any atom is 0.443 e. The van der Waals surface area contributed by atoms with Crippen LogP contribution in [0.5, 0.6) is 0 Å². The van der Waals surface area contributed by atoms with Crippen molar-refractivity contribution in [3.8, 4) is 0 Å². The van der Waals surface area contributed by atoms with Gasteiger partial charge in [-0.3, -0.25) is 0 Å². The second-order valence-corrected chi connectivity index (χ2v) is 4.50. The molecule has 16 heavy (non-hydrogen) atoms. The molecule has 0 spiro atoms. The lowest BCUT2D eigenvalue weighted by molar-refractivity contribution is -0.130. The SMILES string of the molecule is FC(F)(F)SC1(C(F)(F)F)C(Cl)=NN=C1Cl. The van der Waals surface area contributed by atoms with E-state index in [0.29, 0.717) is 0 Å². The summed E-state index contributed by atoms with van der Waals surface area (Å²) in [5.74, 6) is 0. The minimum Gasteiger partial charge on any atom is -0.168 e. The zero-order valence-corrected chi connectivity index (χ0v) is 9.15. The van der Waals surface area contributed by atoms with Gasteiger partial charge in [-0.2, -0.15) is 26.3 Å². The lowest BCUT2D eigenvalue weighted by Crippen LogP contribution is -2.51. The van der Waals surface area contributed by atoms with Gasteiger partial charge in [-0.15, -0.1) is 10.2 Å². The van der Waals surface area contributed by atoms with Crippen molar-refractivity contribution < 1.29 is 26.3 Å². The summed E-state index contributed by atoms with van der Waals surface area (Å²) in [7, 11) is 0. The molecule has 2 nitrogen and oxygen atoms in total. The maximum atomic E-state index is 12.6. The van der Waals surface area contributed by atoms with Gasteiger partial charge in [0, 0.05) is 0 Å². The predicted octanol–water partition coefficient (Wildman–Crippen LogP) is 3.74. The van der Waals surface area contributed by atoms with Crippen LogP contribution in [0.1, 0.15) is 0 Å². The Morgan fingerprint density at radius 2 is 1.31 bits per heavy atom. The molecule has 0 aromatic heterocycles. The van der Waals surface area contributed by atoms with Crippen LogP contribution in [0.4, 0.5) is 26.3 Å². The number of hydrogen-bond acceptors (Lipinski definition) is 3. The quantitative estimate of drug-likeness (QED) is 0.677. The van der Waals surface area contributed by atoms with Crippen molar-refractivity contribution in [2.45, 2.75) is 16.4 Å². The average Bonchev–Trinajstić information content (AvgIpc) is 2.29. The van der Waals surface area contributed by atoms with Crippen LogP contribution in [0.3, 0.4) is 0 Å². The second kappa shape index (κ2) is 3.95. The monoisotopic (exact) mass is 304 g/mol. The standard InChI is InChI=1S/C5Cl2F6N2S/c6-1-3(4(8,9)10,2(7)15-14-1)16-5(11,12)13. The van der Waals surface area contributed by atoms with Crippen molar-refractivity contribution in [3.05, 3.63) is 0 Å². The molecule has 0 saturated carbocycles. The molecule has 11 heteroatoms. The molecule has 92 valence electrons. The fourth-order valence-electron chi connectivity index (χ4n) is 0.863. The van der Waals surface area contributed by atoms with E-state index in [-0.39, 0.29) is 0 Å². The Morgan fingerprint density at radius 1 is 0.938 bits per heavy atom. The smallest absolute Gasteiger partial charge is 0.168 e. The summed E-state index contributed by atoms with van der Waals surface area (Å²) in [6, 6.07) is 0. The molecular formula is C5Cl2F6N2S. The Labute approximate surface area is 98.7 Å². The number of alkyl halides is 6. The first-order valence-electron chi connectivity index (χ1n) is 3.32. The summed E-state index contributed by atoms with van der Waals surface area (Å²) < 4.78 is 70.3. The molecule has 0 aliphatic carbocycles. The van der Waals surface area contributed by atoms with E-state index < -0.39 is 38.5 Å². The van der Waals surface area contributed by atoms with Gasteiger partial charge in [-0.1, -0.05) is 23.2 Å². The molecule has 0 fully saturated rings. The first kappa shape index (κ1) is 13.9. The zero-order chi connectivity index (χ0) is 12.8. The molecule has 0 bridgehead atoms. The maximum absolute atomic E-state index is 12.6. The first-order chi connectivity index (χ1) is 7.01. The molecule has 0 atom stereocenters. The Bertz CT molecular complexity index is 341. The number of rotatable bonds is 1. The van der Waals surface area contributed by atoms with E-state index in [0.717, 1.165) is 0 Å². The van der Waals surface area contributed by atoms with E-state index in [2.05, 4.69) is 10.2 Å². The fraction of sp³-hybridized carbons (Fsp3) is 0.600. The van der Waals surface area contributed by atoms with Crippen LogP contribution in [0.15, 0.2) is 10.2 Å².